The first kappa shape index (κ1) is 13.8. The van der Waals surface area contributed by atoms with Crippen LogP contribution in [0, 0.1) is 0 Å². The highest BCUT2D eigenvalue weighted by Gasteiger charge is 2.14. The summed E-state index contributed by atoms with van der Waals surface area (Å²) in [6, 6.07) is 4.43. The molecule has 1 aromatic carbocycles. The third-order valence-corrected chi connectivity index (χ3v) is 2.31. The van der Waals surface area contributed by atoms with Gasteiger partial charge in [0.25, 0.3) is 0 Å². The van der Waals surface area contributed by atoms with Gasteiger partial charge in [0.2, 0.25) is 6.29 Å². The van der Waals surface area contributed by atoms with Crippen molar-refractivity contribution in [1.82, 2.24) is 0 Å². The van der Waals surface area contributed by atoms with Crippen molar-refractivity contribution < 1.29 is 24.9 Å². The molecule has 2 unspecified atom stereocenters. The van der Waals surface area contributed by atoms with E-state index in [-0.39, 0.29) is 17.2 Å². The molecule has 0 aromatic heterocycles. The second-order valence-corrected chi connectivity index (χ2v) is 3.99. The predicted molar refractivity (Wildman–Crippen MR) is 61.1 cm³/mol. The quantitative estimate of drug-likeness (QED) is 0.689. The molecule has 0 spiro atoms. The van der Waals surface area contributed by atoms with Crippen LogP contribution in [0.25, 0.3) is 0 Å². The molecule has 0 amide bonds. The van der Waals surface area contributed by atoms with E-state index in [1.54, 1.807) is 0 Å². The minimum atomic E-state index is -1.38. The summed E-state index contributed by atoms with van der Waals surface area (Å²) in [7, 11) is 0. The lowest BCUT2D eigenvalue weighted by Gasteiger charge is -2.16. The molecule has 3 N–H and O–H groups in total. The van der Waals surface area contributed by atoms with Gasteiger partial charge in [0.05, 0.1) is 11.4 Å². The van der Waals surface area contributed by atoms with E-state index in [2.05, 4.69) is 0 Å². The van der Waals surface area contributed by atoms with Gasteiger partial charge < -0.3 is 20.1 Å². The number of benzene rings is 1. The average Bonchev–Trinajstić information content (AvgIpc) is 2.20. The molecule has 6 heteroatoms. The first-order valence-corrected chi connectivity index (χ1v) is 5.31. The highest BCUT2D eigenvalue weighted by molar-refractivity contribution is 6.32. The summed E-state index contributed by atoms with van der Waals surface area (Å²) >= 11 is 5.85. The van der Waals surface area contributed by atoms with Crippen LogP contribution < -0.4 is 4.74 Å². The van der Waals surface area contributed by atoms with Gasteiger partial charge in [-0.15, -0.1) is 0 Å². The molecule has 0 aliphatic heterocycles. The molecule has 0 heterocycles. The summed E-state index contributed by atoms with van der Waals surface area (Å²) in [5, 5.41) is 27.1. The standard InChI is InChI=1S/C11H13ClO5/c1-6(13)11(16)17-9-3-2-7(4-8(9)12)5-10(14)15/h2-4,6,11,13,16H,5H2,1H3,(H,14,15). The van der Waals surface area contributed by atoms with Crippen LogP contribution in [0.4, 0.5) is 0 Å². The fraction of sp³-hybridized carbons (Fsp3) is 0.364. The zero-order chi connectivity index (χ0) is 13.0. The minimum Gasteiger partial charge on any atom is -0.481 e. The lowest BCUT2D eigenvalue weighted by atomic mass is 10.1. The van der Waals surface area contributed by atoms with Crippen molar-refractivity contribution in [3.63, 3.8) is 0 Å². The Morgan fingerprint density at radius 3 is 2.59 bits per heavy atom. The summed E-state index contributed by atoms with van der Waals surface area (Å²) in [6.45, 7) is 1.37. The summed E-state index contributed by atoms with van der Waals surface area (Å²) in [5.41, 5.74) is 0.529. The fourth-order valence-electron chi connectivity index (χ4n) is 1.15. The Labute approximate surface area is 103 Å². The van der Waals surface area contributed by atoms with Gasteiger partial charge in [-0.05, 0) is 24.6 Å². The van der Waals surface area contributed by atoms with E-state index in [9.17, 15) is 9.90 Å². The van der Waals surface area contributed by atoms with Gasteiger partial charge >= 0.3 is 5.97 Å². The van der Waals surface area contributed by atoms with Crippen molar-refractivity contribution in [2.45, 2.75) is 25.7 Å². The van der Waals surface area contributed by atoms with Crippen LogP contribution in [0.5, 0.6) is 5.75 Å². The molecule has 17 heavy (non-hydrogen) atoms. The molecule has 94 valence electrons. The number of aliphatic carboxylic acids is 1. The number of carbonyl (C=O) groups is 1. The van der Waals surface area contributed by atoms with E-state index in [1.807, 2.05) is 0 Å². The summed E-state index contributed by atoms with van der Waals surface area (Å²) in [5.74, 6) is -0.770. The summed E-state index contributed by atoms with van der Waals surface area (Å²) in [4.78, 5) is 10.5. The monoisotopic (exact) mass is 260 g/mol. The van der Waals surface area contributed by atoms with E-state index >= 15 is 0 Å². The number of rotatable bonds is 5. The van der Waals surface area contributed by atoms with Gasteiger partial charge in [-0.25, -0.2) is 0 Å². The van der Waals surface area contributed by atoms with Crippen LogP contribution in [0.15, 0.2) is 18.2 Å². The van der Waals surface area contributed by atoms with Gasteiger partial charge in [0.1, 0.15) is 11.9 Å². The number of halogens is 1. The number of hydrogen-bond acceptors (Lipinski definition) is 4. The molecule has 5 nitrogen and oxygen atoms in total. The van der Waals surface area contributed by atoms with E-state index < -0.39 is 18.4 Å². The first-order valence-electron chi connectivity index (χ1n) is 4.93. The summed E-state index contributed by atoms with van der Waals surface area (Å²) < 4.78 is 4.99. The second-order valence-electron chi connectivity index (χ2n) is 3.58. The average molecular weight is 261 g/mol. The molecule has 2 atom stereocenters. The minimum absolute atomic E-state index is 0.140. The first-order chi connectivity index (χ1) is 7.90. The van der Waals surface area contributed by atoms with Crippen LogP contribution in [0.3, 0.4) is 0 Å². The van der Waals surface area contributed by atoms with Crippen LogP contribution in [-0.2, 0) is 11.2 Å². The van der Waals surface area contributed by atoms with Crippen LogP contribution in [0.1, 0.15) is 12.5 Å². The lowest BCUT2D eigenvalue weighted by Crippen LogP contribution is -2.28. The van der Waals surface area contributed by atoms with Crippen molar-refractivity contribution in [3.05, 3.63) is 28.8 Å². The number of ether oxygens (including phenoxy) is 1. The maximum atomic E-state index is 10.5. The normalized spacial score (nSPS) is 14.1. The molecule has 1 aromatic rings. The van der Waals surface area contributed by atoms with Gasteiger partial charge in [0.15, 0.2) is 0 Å². The Kier molecular flexibility index (Phi) is 4.74. The largest absolute Gasteiger partial charge is 0.481 e. The Bertz CT molecular complexity index is 405. The molecular weight excluding hydrogens is 248 g/mol. The smallest absolute Gasteiger partial charge is 0.307 e. The molecule has 0 bridgehead atoms. The van der Waals surface area contributed by atoms with Crippen LogP contribution in [-0.4, -0.2) is 33.7 Å². The Hall–Kier alpha value is -1.30. The van der Waals surface area contributed by atoms with Crippen LogP contribution in [0.2, 0.25) is 5.02 Å². The number of aliphatic hydroxyl groups excluding tert-OH is 2. The number of carboxylic acid groups (broad SMARTS) is 1. The number of carboxylic acids is 1. The maximum absolute atomic E-state index is 10.5. The van der Waals surface area contributed by atoms with Crippen molar-refractivity contribution in [2.75, 3.05) is 0 Å². The van der Waals surface area contributed by atoms with Gasteiger partial charge in [-0.1, -0.05) is 17.7 Å². The van der Waals surface area contributed by atoms with Crippen molar-refractivity contribution in [2.24, 2.45) is 0 Å². The van der Waals surface area contributed by atoms with E-state index in [1.165, 1.54) is 25.1 Å². The molecule has 0 fully saturated rings. The Morgan fingerprint density at radius 2 is 2.12 bits per heavy atom. The number of aliphatic hydroxyl groups is 2. The molecule has 0 saturated heterocycles. The van der Waals surface area contributed by atoms with Crippen LogP contribution >= 0.6 is 11.6 Å². The van der Waals surface area contributed by atoms with Crippen molar-refractivity contribution in [3.8, 4) is 5.75 Å². The molecule has 0 aliphatic rings. The fourth-order valence-corrected chi connectivity index (χ4v) is 1.40. The molecular formula is C11H13ClO5. The molecule has 0 radical (unpaired) electrons. The van der Waals surface area contributed by atoms with E-state index in [4.69, 9.17) is 26.6 Å². The second kappa shape index (κ2) is 5.86. The molecule has 1 rings (SSSR count). The zero-order valence-electron chi connectivity index (χ0n) is 9.13. The van der Waals surface area contributed by atoms with Gasteiger partial charge in [0, 0.05) is 0 Å². The zero-order valence-corrected chi connectivity index (χ0v) is 9.89. The van der Waals surface area contributed by atoms with Crippen molar-refractivity contribution >= 4 is 17.6 Å². The highest BCUT2D eigenvalue weighted by Crippen LogP contribution is 2.26. The predicted octanol–water partition coefficient (Wildman–Crippen LogP) is 1.05. The third kappa shape index (κ3) is 4.22. The Morgan fingerprint density at radius 1 is 1.47 bits per heavy atom. The molecule has 0 aliphatic carbocycles. The lowest BCUT2D eigenvalue weighted by molar-refractivity contribution is -0.136. The highest BCUT2D eigenvalue weighted by atomic mass is 35.5. The van der Waals surface area contributed by atoms with E-state index in [0.717, 1.165) is 0 Å². The third-order valence-electron chi connectivity index (χ3n) is 2.01. The van der Waals surface area contributed by atoms with Crippen molar-refractivity contribution in [1.29, 1.82) is 0 Å². The molecule has 0 saturated carbocycles. The van der Waals surface area contributed by atoms with E-state index in [0.29, 0.717) is 5.56 Å². The topological polar surface area (TPSA) is 87.0 Å². The SMILES string of the molecule is CC(O)C(O)Oc1ccc(CC(=O)O)cc1Cl. The summed E-state index contributed by atoms with van der Waals surface area (Å²) in [6.07, 6.45) is -2.57. The maximum Gasteiger partial charge on any atom is 0.307 e. The Balaban J connectivity index is 2.79. The van der Waals surface area contributed by atoms with Gasteiger partial charge in [-0.3, -0.25) is 4.79 Å². The van der Waals surface area contributed by atoms with Gasteiger partial charge in [-0.2, -0.15) is 0 Å². The number of hydrogen-bond donors (Lipinski definition) is 3.